The minimum absolute atomic E-state index is 0.0503. The Labute approximate surface area is 118 Å². The number of aldehydes is 1. The minimum atomic E-state index is -0.0646. The zero-order chi connectivity index (χ0) is 14.4. The van der Waals surface area contributed by atoms with Crippen LogP contribution in [0.25, 0.3) is 0 Å². The van der Waals surface area contributed by atoms with Crippen molar-refractivity contribution in [2.75, 3.05) is 26.3 Å². The second-order valence-electron chi connectivity index (χ2n) is 4.60. The molecule has 0 N–H and O–H groups in total. The molecule has 0 saturated carbocycles. The fraction of sp³-hybridized carbons (Fsp3) is 0.467. The maximum Gasteiger partial charge on any atom is 0.260 e. The predicted molar refractivity (Wildman–Crippen MR) is 74.3 cm³/mol. The molecule has 108 valence electrons. The van der Waals surface area contributed by atoms with Crippen LogP contribution in [0.1, 0.15) is 30.1 Å². The molecule has 0 aromatic heterocycles. The molecule has 5 nitrogen and oxygen atoms in total. The van der Waals surface area contributed by atoms with Crippen molar-refractivity contribution in [3.63, 3.8) is 0 Å². The first-order chi connectivity index (χ1) is 9.76. The molecular formula is C15H19NO4. The molecule has 1 aromatic rings. The van der Waals surface area contributed by atoms with E-state index in [9.17, 15) is 9.59 Å². The summed E-state index contributed by atoms with van der Waals surface area (Å²) < 4.78 is 11.0. The van der Waals surface area contributed by atoms with Gasteiger partial charge in [0.15, 0.2) is 24.4 Å². The normalized spacial score (nSPS) is 14.2. The van der Waals surface area contributed by atoms with E-state index in [2.05, 4.69) is 0 Å². The van der Waals surface area contributed by atoms with E-state index < -0.39 is 0 Å². The van der Waals surface area contributed by atoms with Gasteiger partial charge in [-0.15, -0.1) is 0 Å². The molecule has 2 rings (SSSR count). The molecule has 0 atom stereocenters. The lowest BCUT2D eigenvalue weighted by Gasteiger charge is -2.17. The summed E-state index contributed by atoms with van der Waals surface area (Å²) in [5, 5.41) is 0. The van der Waals surface area contributed by atoms with Crippen LogP contribution >= 0.6 is 0 Å². The Morgan fingerprint density at radius 3 is 2.70 bits per heavy atom. The van der Waals surface area contributed by atoms with Crippen molar-refractivity contribution < 1.29 is 19.1 Å². The van der Waals surface area contributed by atoms with Gasteiger partial charge in [0.05, 0.1) is 12.2 Å². The first-order valence-corrected chi connectivity index (χ1v) is 6.87. The van der Waals surface area contributed by atoms with Crippen LogP contribution in [-0.2, 0) is 4.79 Å². The highest BCUT2D eigenvalue weighted by Gasteiger charge is 2.19. The maximum absolute atomic E-state index is 12.0. The number of hydrogen-bond donors (Lipinski definition) is 0. The van der Waals surface area contributed by atoms with Crippen molar-refractivity contribution in [2.24, 2.45) is 0 Å². The number of benzene rings is 1. The average molecular weight is 277 g/mol. The van der Waals surface area contributed by atoms with Gasteiger partial charge in [0.2, 0.25) is 0 Å². The van der Waals surface area contributed by atoms with Crippen LogP contribution in [0.3, 0.4) is 0 Å². The molecule has 0 spiro atoms. The summed E-state index contributed by atoms with van der Waals surface area (Å²) in [4.78, 5) is 24.8. The fourth-order valence-electron chi connectivity index (χ4n) is 2.24. The van der Waals surface area contributed by atoms with Gasteiger partial charge in [0, 0.05) is 13.1 Å². The summed E-state index contributed by atoms with van der Waals surface area (Å²) in [6, 6.07) is 5.10. The summed E-state index contributed by atoms with van der Waals surface area (Å²) in [6.45, 7) is 3.84. The molecule has 0 unspecified atom stereocenters. The molecule has 1 fully saturated rings. The third kappa shape index (κ3) is 3.29. The van der Waals surface area contributed by atoms with E-state index in [1.54, 1.807) is 23.1 Å². The average Bonchev–Trinajstić information content (AvgIpc) is 3.00. The molecule has 1 heterocycles. The lowest BCUT2D eigenvalue weighted by atomic mass is 10.2. The Hall–Kier alpha value is -2.04. The van der Waals surface area contributed by atoms with Crippen LogP contribution in [0.5, 0.6) is 11.5 Å². The first-order valence-electron chi connectivity index (χ1n) is 6.87. The summed E-state index contributed by atoms with van der Waals surface area (Å²) >= 11 is 0. The van der Waals surface area contributed by atoms with Gasteiger partial charge in [-0.25, -0.2) is 0 Å². The molecule has 20 heavy (non-hydrogen) atoms. The van der Waals surface area contributed by atoms with Gasteiger partial charge in [-0.1, -0.05) is 6.07 Å². The molecule has 0 aliphatic carbocycles. The Morgan fingerprint density at radius 1 is 1.30 bits per heavy atom. The molecule has 1 saturated heterocycles. The second kappa shape index (κ2) is 6.93. The van der Waals surface area contributed by atoms with Gasteiger partial charge in [-0.3, -0.25) is 9.59 Å². The molecule has 1 aliphatic rings. The van der Waals surface area contributed by atoms with Gasteiger partial charge in [0.1, 0.15) is 0 Å². The molecule has 1 amide bonds. The molecule has 1 aromatic carbocycles. The van der Waals surface area contributed by atoms with E-state index in [-0.39, 0.29) is 12.5 Å². The predicted octanol–water partition coefficient (Wildman–Crippen LogP) is 1.90. The summed E-state index contributed by atoms with van der Waals surface area (Å²) in [5.74, 6) is 0.786. The van der Waals surface area contributed by atoms with Crippen LogP contribution in [0.2, 0.25) is 0 Å². The van der Waals surface area contributed by atoms with E-state index in [1.165, 1.54) is 0 Å². The van der Waals surface area contributed by atoms with Crippen LogP contribution < -0.4 is 9.47 Å². The number of carbonyl (C=O) groups excluding carboxylic acids is 2. The lowest BCUT2D eigenvalue weighted by Crippen LogP contribution is -2.32. The Balaban J connectivity index is 2.06. The zero-order valence-corrected chi connectivity index (χ0v) is 11.6. The van der Waals surface area contributed by atoms with Gasteiger partial charge in [0.25, 0.3) is 5.91 Å². The van der Waals surface area contributed by atoms with Crippen molar-refractivity contribution in [2.45, 2.75) is 19.8 Å². The largest absolute Gasteiger partial charge is 0.490 e. The Bertz CT molecular complexity index is 481. The highest BCUT2D eigenvalue weighted by atomic mass is 16.5. The maximum atomic E-state index is 12.0. The number of rotatable bonds is 6. The van der Waals surface area contributed by atoms with Crippen molar-refractivity contribution in [3.05, 3.63) is 23.8 Å². The van der Waals surface area contributed by atoms with Gasteiger partial charge in [-0.05, 0) is 31.9 Å². The third-order valence-corrected chi connectivity index (χ3v) is 3.23. The number of para-hydroxylation sites is 1. The summed E-state index contributed by atoms with van der Waals surface area (Å²) in [5.41, 5.74) is 0.394. The quantitative estimate of drug-likeness (QED) is 0.745. The lowest BCUT2D eigenvalue weighted by molar-refractivity contribution is -0.132. The van der Waals surface area contributed by atoms with Gasteiger partial charge < -0.3 is 14.4 Å². The number of carbonyl (C=O) groups is 2. The highest BCUT2D eigenvalue weighted by molar-refractivity contribution is 5.82. The van der Waals surface area contributed by atoms with E-state index in [1.807, 2.05) is 6.92 Å². The minimum Gasteiger partial charge on any atom is -0.490 e. The van der Waals surface area contributed by atoms with E-state index in [0.717, 1.165) is 25.9 Å². The number of hydrogen-bond acceptors (Lipinski definition) is 4. The smallest absolute Gasteiger partial charge is 0.260 e. The van der Waals surface area contributed by atoms with Crippen molar-refractivity contribution in [1.29, 1.82) is 0 Å². The summed E-state index contributed by atoms with van der Waals surface area (Å²) in [6.07, 6.45) is 2.79. The molecule has 1 aliphatic heterocycles. The van der Waals surface area contributed by atoms with Crippen molar-refractivity contribution in [3.8, 4) is 11.5 Å². The first kappa shape index (κ1) is 14.4. The molecule has 0 radical (unpaired) electrons. The second-order valence-corrected chi connectivity index (χ2v) is 4.60. The Kier molecular flexibility index (Phi) is 4.98. The standard InChI is InChI=1S/C15H19NO4/c1-2-19-13-7-5-6-12(10-17)15(13)20-11-14(18)16-8-3-4-9-16/h5-7,10H,2-4,8-9,11H2,1H3. The summed E-state index contributed by atoms with van der Waals surface area (Å²) in [7, 11) is 0. The van der Waals surface area contributed by atoms with Crippen LogP contribution in [-0.4, -0.2) is 43.4 Å². The number of amides is 1. The van der Waals surface area contributed by atoms with Gasteiger partial charge >= 0.3 is 0 Å². The topological polar surface area (TPSA) is 55.8 Å². The van der Waals surface area contributed by atoms with Crippen LogP contribution in [0.4, 0.5) is 0 Å². The van der Waals surface area contributed by atoms with Crippen molar-refractivity contribution >= 4 is 12.2 Å². The number of likely N-dealkylation sites (tertiary alicyclic amines) is 1. The molecule has 5 heteroatoms. The number of ether oxygens (including phenoxy) is 2. The molecule has 0 bridgehead atoms. The third-order valence-electron chi connectivity index (χ3n) is 3.23. The van der Waals surface area contributed by atoms with Crippen LogP contribution in [0, 0.1) is 0 Å². The Morgan fingerprint density at radius 2 is 2.05 bits per heavy atom. The van der Waals surface area contributed by atoms with Gasteiger partial charge in [-0.2, -0.15) is 0 Å². The van der Waals surface area contributed by atoms with E-state index in [4.69, 9.17) is 9.47 Å². The SMILES string of the molecule is CCOc1cccc(C=O)c1OCC(=O)N1CCCC1. The monoisotopic (exact) mass is 277 g/mol. The van der Waals surface area contributed by atoms with E-state index in [0.29, 0.717) is 30.0 Å². The zero-order valence-electron chi connectivity index (χ0n) is 11.6. The van der Waals surface area contributed by atoms with Crippen molar-refractivity contribution in [1.82, 2.24) is 4.90 Å². The highest BCUT2D eigenvalue weighted by Crippen LogP contribution is 2.30. The van der Waals surface area contributed by atoms with E-state index >= 15 is 0 Å². The number of nitrogens with zero attached hydrogens (tertiary/aromatic N) is 1. The fourth-order valence-corrected chi connectivity index (χ4v) is 2.24. The molecular weight excluding hydrogens is 258 g/mol. The van der Waals surface area contributed by atoms with Crippen LogP contribution in [0.15, 0.2) is 18.2 Å².